The van der Waals surface area contributed by atoms with Crippen LogP contribution < -0.4 is 10.6 Å². The quantitative estimate of drug-likeness (QED) is 0.810. The maximum absolute atomic E-state index is 12.1. The first kappa shape index (κ1) is 13.4. The van der Waals surface area contributed by atoms with Crippen molar-refractivity contribution >= 4 is 5.91 Å². The summed E-state index contributed by atoms with van der Waals surface area (Å²) in [5.41, 5.74) is 0. The van der Waals surface area contributed by atoms with Gasteiger partial charge in [0.15, 0.2) is 0 Å². The Morgan fingerprint density at radius 3 is 2.95 bits per heavy atom. The van der Waals surface area contributed by atoms with Crippen LogP contribution in [0, 0.1) is 11.8 Å². The first-order chi connectivity index (χ1) is 9.22. The van der Waals surface area contributed by atoms with Gasteiger partial charge in [0.05, 0.1) is 18.2 Å². The number of hydrogen-bond acceptors (Lipinski definition) is 3. The van der Waals surface area contributed by atoms with Crippen molar-refractivity contribution in [1.82, 2.24) is 10.6 Å². The molecule has 0 radical (unpaired) electrons. The molecule has 4 nitrogen and oxygen atoms in total. The third kappa shape index (κ3) is 3.11. The number of carbonyl (C=O) groups is 1. The Balaban J connectivity index is 1.43. The van der Waals surface area contributed by atoms with Crippen LogP contribution in [0.1, 0.15) is 45.4 Å². The van der Waals surface area contributed by atoms with Crippen LogP contribution in [0.15, 0.2) is 0 Å². The predicted octanol–water partition coefficient (Wildman–Crippen LogP) is 1.45. The lowest BCUT2D eigenvalue weighted by Gasteiger charge is -2.28. The van der Waals surface area contributed by atoms with Crippen LogP contribution in [0.4, 0.5) is 0 Å². The van der Waals surface area contributed by atoms with Crippen molar-refractivity contribution in [2.45, 2.75) is 63.7 Å². The highest BCUT2D eigenvalue weighted by molar-refractivity contribution is 5.76. The Labute approximate surface area is 115 Å². The van der Waals surface area contributed by atoms with Crippen molar-refractivity contribution in [3.63, 3.8) is 0 Å². The van der Waals surface area contributed by atoms with E-state index in [2.05, 4.69) is 17.6 Å². The monoisotopic (exact) mass is 266 g/mol. The van der Waals surface area contributed by atoms with Crippen LogP contribution in [-0.4, -0.2) is 37.2 Å². The summed E-state index contributed by atoms with van der Waals surface area (Å²) in [6, 6.07) is 0.280. The van der Waals surface area contributed by atoms with Crippen molar-refractivity contribution in [2.75, 3.05) is 13.1 Å². The summed E-state index contributed by atoms with van der Waals surface area (Å²) in [7, 11) is 0. The zero-order valence-corrected chi connectivity index (χ0v) is 11.9. The number of ether oxygens (including phenoxy) is 1. The summed E-state index contributed by atoms with van der Waals surface area (Å²) in [4.78, 5) is 12.1. The van der Waals surface area contributed by atoms with Crippen molar-refractivity contribution in [3.05, 3.63) is 0 Å². The molecule has 0 saturated carbocycles. The van der Waals surface area contributed by atoms with Gasteiger partial charge in [0.1, 0.15) is 0 Å². The molecule has 3 aliphatic heterocycles. The molecule has 2 bridgehead atoms. The van der Waals surface area contributed by atoms with Gasteiger partial charge in [-0.3, -0.25) is 4.79 Å². The van der Waals surface area contributed by atoms with E-state index < -0.39 is 0 Å². The molecule has 3 rings (SSSR count). The lowest BCUT2D eigenvalue weighted by molar-refractivity contribution is -0.123. The first-order valence-electron chi connectivity index (χ1n) is 7.88. The average Bonchev–Trinajstić information content (AvgIpc) is 3.02. The molecule has 4 heteroatoms. The van der Waals surface area contributed by atoms with E-state index in [1.54, 1.807) is 0 Å². The molecule has 108 valence electrons. The van der Waals surface area contributed by atoms with Gasteiger partial charge in [-0.05, 0) is 57.0 Å². The minimum Gasteiger partial charge on any atom is -0.373 e. The Hall–Kier alpha value is -0.610. The molecule has 3 saturated heterocycles. The first-order valence-corrected chi connectivity index (χ1v) is 7.88. The summed E-state index contributed by atoms with van der Waals surface area (Å²) in [5, 5.41) is 6.63. The second kappa shape index (κ2) is 5.80. The number of fused-ring (bicyclic) bond motifs is 2. The van der Waals surface area contributed by atoms with Gasteiger partial charge in [-0.15, -0.1) is 0 Å². The summed E-state index contributed by atoms with van der Waals surface area (Å²) in [6.07, 6.45) is 7.21. The number of nitrogens with one attached hydrogen (secondary N) is 2. The van der Waals surface area contributed by atoms with Crippen molar-refractivity contribution in [1.29, 1.82) is 0 Å². The van der Waals surface area contributed by atoms with E-state index in [4.69, 9.17) is 4.74 Å². The lowest BCUT2D eigenvalue weighted by atomic mass is 9.85. The molecule has 3 heterocycles. The second-order valence-corrected chi connectivity index (χ2v) is 6.57. The Morgan fingerprint density at radius 2 is 2.32 bits per heavy atom. The largest absolute Gasteiger partial charge is 0.373 e. The van der Waals surface area contributed by atoms with Crippen molar-refractivity contribution in [2.24, 2.45) is 11.8 Å². The fourth-order valence-electron chi connectivity index (χ4n) is 3.88. The van der Waals surface area contributed by atoms with Gasteiger partial charge in [-0.1, -0.05) is 6.92 Å². The Morgan fingerprint density at radius 1 is 1.42 bits per heavy atom. The van der Waals surface area contributed by atoms with E-state index in [9.17, 15) is 4.79 Å². The average molecular weight is 266 g/mol. The van der Waals surface area contributed by atoms with Gasteiger partial charge in [-0.2, -0.15) is 0 Å². The van der Waals surface area contributed by atoms with Crippen LogP contribution in [0.3, 0.4) is 0 Å². The SMILES string of the molecule is CC(CC(=O)NC1CC2CCC1O2)C1CCCNC1. The topological polar surface area (TPSA) is 50.4 Å². The van der Waals surface area contributed by atoms with E-state index in [1.807, 2.05) is 0 Å². The molecular weight excluding hydrogens is 240 g/mol. The van der Waals surface area contributed by atoms with Gasteiger partial charge in [-0.25, -0.2) is 0 Å². The normalized spacial score (nSPS) is 39.2. The van der Waals surface area contributed by atoms with Crippen LogP contribution in [0.25, 0.3) is 0 Å². The molecule has 0 spiro atoms. The summed E-state index contributed by atoms with van der Waals surface area (Å²) >= 11 is 0. The zero-order valence-electron chi connectivity index (χ0n) is 11.9. The minimum atomic E-state index is 0.222. The fraction of sp³-hybridized carbons (Fsp3) is 0.933. The van der Waals surface area contributed by atoms with Crippen LogP contribution >= 0.6 is 0 Å². The van der Waals surface area contributed by atoms with Crippen molar-refractivity contribution < 1.29 is 9.53 Å². The van der Waals surface area contributed by atoms with Gasteiger partial charge >= 0.3 is 0 Å². The number of hydrogen-bond donors (Lipinski definition) is 2. The van der Waals surface area contributed by atoms with Gasteiger partial charge in [0.2, 0.25) is 5.91 Å². The number of carbonyl (C=O) groups excluding carboxylic acids is 1. The Kier molecular flexibility index (Phi) is 4.08. The van der Waals surface area contributed by atoms with Crippen LogP contribution in [0.5, 0.6) is 0 Å². The zero-order chi connectivity index (χ0) is 13.2. The molecule has 1 amide bonds. The van der Waals surface area contributed by atoms with E-state index in [-0.39, 0.29) is 11.9 Å². The minimum absolute atomic E-state index is 0.222. The summed E-state index contributed by atoms with van der Waals surface area (Å²) in [5.74, 6) is 1.36. The predicted molar refractivity (Wildman–Crippen MR) is 73.8 cm³/mol. The van der Waals surface area contributed by atoms with Crippen LogP contribution in [0.2, 0.25) is 0 Å². The highest BCUT2D eigenvalue weighted by atomic mass is 16.5. The highest BCUT2D eigenvalue weighted by Gasteiger charge is 2.41. The molecule has 5 unspecified atom stereocenters. The highest BCUT2D eigenvalue weighted by Crippen LogP contribution is 2.34. The molecule has 0 aromatic heterocycles. The summed E-state index contributed by atoms with van der Waals surface area (Å²) in [6.45, 7) is 4.43. The van der Waals surface area contributed by atoms with E-state index >= 15 is 0 Å². The van der Waals surface area contributed by atoms with E-state index in [0.29, 0.717) is 30.5 Å². The molecule has 0 aromatic rings. The third-order valence-electron chi connectivity index (χ3n) is 5.10. The fourth-order valence-corrected chi connectivity index (χ4v) is 3.88. The molecule has 0 aliphatic carbocycles. The maximum Gasteiger partial charge on any atom is 0.220 e. The molecule has 3 aliphatic rings. The number of piperidine rings is 1. The van der Waals surface area contributed by atoms with E-state index in [1.165, 1.54) is 19.3 Å². The molecule has 19 heavy (non-hydrogen) atoms. The van der Waals surface area contributed by atoms with Gasteiger partial charge in [0.25, 0.3) is 0 Å². The van der Waals surface area contributed by atoms with E-state index in [0.717, 1.165) is 25.9 Å². The van der Waals surface area contributed by atoms with Gasteiger partial charge < -0.3 is 15.4 Å². The second-order valence-electron chi connectivity index (χ2n) is 6.57. The molecule has 2 N–H and O–H groups in total. The molecule has 5 atom stereocenters. The standard InChI is InChI=1S/C15H26N2O2/c1-10(11-3-2-6-16-9-11)7-15(18)17-13-8-12-4-5-14(13)19-12/h10-14,16H,2-9H2,1H3,(H,17,18). The Bertz CT molecular complexity index is 328. The third-order valence-corrected chi connectivity index (χ3v) is 5.10. The molecule has 3 fully saturated rings. The summed E-state index contributed by atoms with van der Waals surface area (Å²) < 4.78 is 5.78. The maximum atomic E-state index is 12.1. The molecule has 0 aromatic carbocycles. The number of rotatable bonds is 4. The van der Waals surface area contributed by atoms with Crippen molar-refractivity contribution in [3.8, 4) is 0 Å². The molecular formula is C15H26N2O2. The van der Waals surface area contributed by atoms with Crippen LogP contribution in [-0.2, 0) is 9.53 Å². The number of amides is 1. The smallest absolute Gasteiger partial charge is 0.220 e. The lowest BCUT2D eigenvalue weighted by Crippen LogP contribution is -2.43. The van der Waals surface area contributed by atoms with Gasteiger partial charge in [0, 0.05) is 6.42 Å².